The molecule has 0 amide bonds. The van der Waals surface area contributed by atoms with E-state index >= 15 is 0 Å². The van der Waals surface area contributed by atoms with E-state index in [9.17, 15) is 10.2 Å². The van der Waals surface area contributed by atoms with Crippen LogP contribution in [-0.2, 0) is 6.42 Å². The highest BCUT2D eigenvalue weighted by Crippen LogP contribution is 2.61. The lowest BCUT2D eigenvalue weighted by Gasteiger charge is -2.74. The van der Waals surface area contributed by atoms with Crippen LogP contribution in [0.3, 0.4) is 0 Å². The standard InChI is InChI=1S/C37H50N8O4/c46-34(31-25-28-9-2-3-11-30(28)49-41-31)12-13-35(47,42-18-6-7-19-42)37(43-20-4-1-5-21-43,44-22-15-38-16-23-44)36(34,45-24-17-39-27-45)32-26-29-10-8-14-40-33(29)48-32/h2-3,8-14,25,32,38-39,41,46-47H,1,4-7,15-24,26-27H2. The number of hydrogen-bond acceptors (Lipinski definition) is 12. The van der Waals surface area contributed by atoms with Crippen molar-refractivity contribution in [2.75, 3.05) is 72.1 Å². The lowest BCUT2D eigenvalue weighted by Crippen LogP contribution is -2.97. The Labute approximate surface area is 288 Å². The highest BCUT2D eigenvalue weighted by atomic mass is 16.6. The van der Waals surface area contributed by atoms with Gasteiger partial charge in [-0.25, -0.2) is 10.5 Å². The number of likely N-dealkylation sites (tertiary alicyclic amines) is 2. The van der Waals surface area contributed by atoms with Crippen LogP contribution in [0.1, 0.15) is 43.2 Å². The quantitative estimate of drug-likeness (QED) is 0.283. The van der Waals surface area contributed by atoms with Crippen molar-refractivity contribution in [3.05, 3.63) is 71.6 Å². The number of nitrogens with zero attached hydrogens (tertiary/aromatic N) is 5. The van der Waals surface area contributed by atoms with Gasteiger partial charge in [-0.2, -0.15) is 0 Å². The van der Waals surface area contributed by atoms with Gasteiger partial charge in [0.2, 0.25) is 5.88 Å². The summed E-state index contributed by atoms with van der Waals surface area (Å²) >= 11 is 0. The van der Waals surface area contributed by atoms with Gasteiger partial charge in [-0.05, 0) is 56.0 Å². The van der Waals surface area contributed by atoms with Gasteiger partial charge in [0.15, 0.2) is 17.1 Å². The second-order valence-corrected chi connectivity index (χ2v) is 14.7. The Balaban J connectivity index is 1.39. The third kappa shape index (κ3) is 4.48. The third-order valence-corrected chi connectivity index (χ3v) is 12.4. The fraction of sp³-hybridized carbons (Fsp3) is 0.595. The molecule has 0 spiro atoms. The fourth-order valence-electron chi connectivity index (χ4n) is 10.5. The van der Waals surface area contributed by atoms with Gasteiger partial charge in [0.05, 0.1) is 5.70 Å². The lowest BCUT2D eigenvalue weighted by molar-refractivity contribution is -0.332. The zero-order valence-corrected chi connectivity index (χ0v) is 28.3. The summed E-state index contributed by atoms with van der Waals surface area (Å²) in [5, 5.41) is 35.6. The molecule has 0 saturated carbocycles. The van der Waals surface area contributed by atoms with E-state index in [0.29, 0.717) is 50.1 Å². The van der Waals surface area contributed by atoms with E-state index in [1.165, 1.54) is 0 Å². The van der Waals surface area contributed by atoms with Gasteiger partial charge < -0.3 is 30.4 Å². The van der Waals surface area contributed by atoms with E-state index < -0.39 is 28.6 Å². The molecule has 7 aliphatic rings. The SMILES string of the molecule is OC1(C2=Cc3ccccc3ON2)C=CC(O)(N2CCCC2)C(N2CCCCC2)(N2CCNCC2)C1(C1Cc2cccnc2O1)N1CCNC1. The number of rotatable bonds is 6. The summed E-state index contributed by atoms with van der Waals surface area (Å²) in [7, 11) is 0. The molecular weight excluding hydrogens is 620 g/mol. The number of hydroxylamine groups is 1. The molecule has 6 aliphatic heterocycles. The number of pyridine rings is 1. The van der Waals surface area contributed by atoms with Crippen molar-refractivity contribution in [3.8, 4) is 11.6 Å². The van der Waals surface area contributed by atoms with E-state index in [1.807, 2.05) is 48.6 Å². The number of hydrogen-bond donors (Lipinski definition) is 5. The molecule has 9 rings (SSSR count). The first-order valence-corrected chi connectivity index (χ1v) is 18.4. The van der Waals surface area contributed by atoms with Crippen molar-refractivity contribution in [3.63, 3.8) is 0 Å². The summed E-state index contributed by atoms with van der Waals surface area (Å²) in [6.07, 6.45) is 12.8. The summed E-state index contributed by atoms with van der Waals surface area (Å²) in [6.45, 7) is 8.11. The Morgan fingerprint density at radius 1 is 0.755 bits per heavy atom. The maximum atomic E-state index is 14.2. The Bertz CT molecular complexity index is 1560. The molecule has 0 bridgehead atoms. The van der Waals surface area contributed by atoms with Gasteiger partial charge in [0.25, 0.3) is 0 Å². The van der Waals surface area contributed by atoms with E-state index in [2.05, 4.69) is 41.8 Å². The summed E-state index contributed by atoms with van der Waals surface area (Å²) in [4.78, 5) is 20.7. The van der Waals surface area contributed by atoms with E-state index in [-0.39, 0.29) is 0 Å². The van der Waals surface area contributed by atoms with Crippen molar-refractivity contribution in [2.45, 2.75) is 67.2 Å². The van der Waals surface area contributed by atoms with Gasteiger partial charge in [-0.15, -0.1) is 0 Å². The van der Waals surface area contributed by atoms with E-state index in [4.69, 9.17) is 14.6 Å². The molecule has 12 heteroatoms. The van der Waals surface area contributed by atoms with Gasteiger partial charge in [-0.1, -0.05) is 30.7 Å². The van der Waals surface area contributed by atoms with Crippen LogP contribution in [0.5, 0.6) is 11.6 Å². The summed E-state index contributed by atoms with van der Waals surface area (Å²) in [6, 6.07) is 12.0. The smallest absolute Gasteiger partial charge is 0.216 e. The van der Waals surface area contributed by atoms with Crippen molar-refractivity contribution in [1.29, 1.82) is 0 Å². The number of piperazine rings is 1. The van der Waals surface area contributed by atoms with Gasteiger partial charge in [-0.3, -0.25) is 19.6 Å². The van der Waals surface area contributed by atoms with Gasteiger partial charge in [0, 0.05) is 95.9 Å². The Hall–Kier alpha value is -3.07. The van der Waals surface area contributed by atoms with Crippen LogP contribution in [0.2, 0.25) is 0 Å². The highest BCUT2D eigenvalue weighted by molar-refractivity contribution is 5.65. The molecule has 1 aromatic carbocycles. The number of nitrogens with one attached hydrogen (secondary N) is 3. The van der Waals surface area contributed by atoms with Crippen LogP contribution in [0.4, 0.5) is 0 Å². The number of benzene rings is 1. The van der Waals surface area contributed by atoms with E-state index in [0.717, 1.165) is 89.0 Å². The van der Waals surface area contributed by atoms with Crippen LogP contribution in [0, 0.1) is 0 Å². The minimum absolute atomic E-state index is 0.529. The molecule has 1 aromatic heterocycles. The molecule has 7 heterocycles. The van der Waals surface area contributed by atoms with Crippen molar-refractivity contribution < 1.29 is 19.8 Å². The van der Waals surface area contributed by atoms with Gasteiger partial charge >= 0.3 is 0 Å². The largest absolute Gasteiger partial charge is 0.472 e. The Morgan fingerprint density at radius 2 is 1.47 bits per heavy atom. The zero-order valence-electron chi connectivity index (χ0n) is 28.3. The first-order valence-electron chi connectivity index (χ1n) is 18.4. The minimum atomic E-state index is -1.71. The number of piperidine rings is 1. The molecular formula is C37H50N8O4. The number of aliphatic hydroxyl groups is 2. The number of para-hydroxylation sites is 1. The predicted molar refractivity (Wildman–Crippen MR) is 185 cm³/mol. The molecule has 1 aliphatic carbocycles. The molecule has 5 unspecified atom stereocenters. The van der Waals surface area contributed by atoms with Crippen molar-refractivity contribution in [1.82, 2.24) is 40.7 Å². The molecule has 12 nitrogen and oxygen atoms in total. The number of aromatic nitrogens is 1. The maximum absolute atomic E-state index is 14.2. The molecule has 5 N–H and O–H groups in total. The first kappa shape index (κ1) is 31.9. The number of fused-ring (bicyclic) bond motifs is 2. The Kier molecular flexibility index (Phi) is 8.01. The van der Waals surface area contributed by atoms with Crippen LogP contribution >= 0.6 is 0 Å². The highest BCUT2D eigenvalue weighted by Gasteiger charge is 2.83. The van der Waals surface area contributed by atoms with Crippen molar-refractivity contribution in [2.24, 2.45) is 0 Å². The molecule has 4 saturated heterocycles. The predicted octanol–water partition coefficient (Wildman–Crippen LogP) is 1.10. The summed E-state index contributed by atoms with van der Waals surface area (Å²) in [5.74, 6) is 1.30. The second kappa shape index (κ2) is 12.3. The second-order valence-electron chi connectivity index (χ2n) is 14.7. The monoisotopic (exact) mass is 670 g/mol. The molecule has 4 fully saturated rings. The molecule has 262 valence electrons. The van der Waals surface area contributed by atoms with Crippen molar-refractivity contribution >= 4 is 6.08 Å². The maximum Gasteiger partial charge on any atom is 0.216 e. The fourth-order valence-corrected chi connectivity index (χ4v) is 10.5. The minimum Gasteiger partial charge on any atom is -0.472 e. The molecule has 2 aromatic rings. The molecule has 49 heavy (non-hydrogen) atoms. The van der Waals surface area contributed by atoms with Crippen LogP contribution in [0.15, 0.2) is 60.4 Å². The van der Waals surface area contributed by atoms with E-state index in [1.54, 1.807) is 6.20 Å². The Morgan fingerprint density at radius 3 is 2.24 bits per heavy atom. The van der Waals surface area contributed by atoms with Crippen LogP contribution in [-0.4, -0.2) is 136 Å². The third-order valence-electron chi connectivity index (χ3n) is 12.4. The lowest BCUT2D eigenvalue weighted by atomic mass is 9.54. The first-order chi connectivity index (χ1) is 24.0. The normalized spacial score (nSPS) is 37.2. The van der Waals surface area contributed by atoms with Crippen LogP contribution in [0.25, 0.3) is 6.08 Å². The molecule has 0 radical (unpaired) electrons. The average molecular weight is 671 g/mol. The van der Waals surface area contributed by atoms with Gasteiger partial charge in [0.1, 0.15) is 17.3 Å². The topological polar surface area (TPSA) is 121 Å². The number of ether oxygens (including phenoxy) is 1. The summed E-state index contributed by atoms with van der Waals surface area (Å²) in [5.41, 5.74) is 0.0572. The molecule has 5 atom stereocenters. The average Bonchev–Trinajstić information content (AvgIpc) is 3.97. The van der Waals surface area contributed by atoms with Crippen LogP contribution < -0.4 is 25.7 Å². The summed E-state index contributed by atoms with van der Waals surface area (Å²) < 4.78 is 7.14. The zero-order chi connectivity index (χ0) is 33.1.